The lowest BCUT2D eigenvalue weighted by Crippen LogP contribution is -2.32. The van der Waals surface area contributed by atoms with Gasteiger partial charge in [0.1, 0.15) is 0 Å². The third-order valence-corrected chi connectivity index (χ3v) is 1.12. The Hall–Kier alpha value is -1.62. The molecule has 0 saturated heterocycles. The van der Waals surface area contributed by atoms with E-state index >= 15 is 0 Å². The van der Waals surface area contributed by atoms with Crippen LogP contribution >= 0.6 is 0 Å². The topological polar surface area (TPSA) is 214 Å². The van der Waals surface area contributed by atoms with Crippen molar-refractivity contribution in [3.8, 4) is 0 Å². The van der Waals surface area contributed by atoms with E-state index in [1.54, 1.807) is 0 Å². The van der Waals surface area contributed by atoms with E-state index in [2.05, 4.69) is 33.6 Å². The molecule has 0 aromatic carbocycles. The van der Waals surface area contributed by atoms with Crippen molar-refractivity contribution in [1.82, 2.24) is 10.6 Å². The van der Waals surface area contributed by atoms with Crippen molar-refractivity contribution in [1.29, 1.82) is 0 Å². The van der Waals surface area contributed by atoms with Gasteiger partial charge in [0, 0.05) is 39.3 Å². The fraction of sp³-hybridized carbons (Fsp3) is 0.750. The summed E-state index contributed by atoms with van der Waals surface area (Å²) in [5.41, 5.74) is 27.5. The fourth-order valence-corrected chi connectivity index (χ4v) is 0.631. The number of rotatable bonds is 7. The predicted octanol–water partition coefficient (Wildman–Crippen LogP) is -3.87. The van der Waals surface area contributed by atoms with E-state index in [0.29, 0.717) is 13.1 Å². The van der Waals surface area contributed by atoms with Crippen LogP contribution in [0.1, 0.15) is 0 Å². The molecule has 10 nitrogen and oxygen atoms in total. The summed E-state index contributed by atoms with van der Waals surface area (Å²) in [6, 6.07) is -1.67. The minimum atomic E-state index is -0.833. The van der Waals surface area contributed by atoms with Crippen LogP contribution in [0.5, 0.6) is 0 Å². The average molecular weight is 266 g/mol. The normalized spacial score (nSPS) is 8.33. The zero-order valence-electron chi connectivity index (χ0n) is 10.5. The Kier molecular flexibility index (Phi) is 25.0. The molecule has 18 heavy (non-hydrogen) atoms. The molecular formula is C8H26N8O2. The zero-order valence-corrected chi connectivity index (χ0v) is 10.5. The maximum atomic E-state index is 9.00. The molecule has 0 bridgehead atoms. The van der Waals surface area contributed by atoms with Crippen LogP contribution in [0.15, 0.2) is 0 Å². The fourth-order valence-electron chi connectivity index (χ4n) is 0.631. The van der Waals surface area contributed by atoms with Crippen LogP contribution in [0.4, 0.5) is 9.59 Å². The van der Waals surface area contributed by atoms with Crippen molar-refractivity contribution in [3.05, 3.63) is 0 Å². The summed E-state index contributed by atoms with van der Waals surface area (Å²) in [7, 11) is 0. The first-order chi connectivity index (χ1) is 8.38. The first-order valence-corrected chi connectivity index (χ1v) is 5.29. The molecule has 0 fully saturated rings. The van der Waals surface area contributed by atoms with Gasteiger partial charge in [-0.05, 0) is 0 Å². The Balaban J connectivity index is -0.000000233. The van der Waals surface area contributed by atoms with Gasteiger partial charge in [-0.25, -0.2) is 9.59 Å². The number of nitrogens with two attached hydrogens (primary N) is 6. The summed E-state index contributed by atoms with van der Waals surface area (Å²) in [5, 5.41) is 6.33. The number of urea groups is 2. The van der Waals surface area contributed by atoms with Gasteiger partial charge in [-0.3, -0.25) is 0 Å². The van der Waals surface area contributed by atoms with E-state index in [-0.39, 0.29) is 0 Å². The highest BCUT2D eigenvalue weighted by Crippen LogP contribution is 1.57. The van der Waals surface area contributed by atoms with Gasteiger partial charge in [-0.2, -0.15) is 0 Å². The van der Waals surface area contributed by atoms with Gasteiger partial charge in [-0.15, -0.1) is 0 Å². The summed E-state index contributed by atoms with van der Waals surface area (Å²) in [5.74, 6) is 0. The van der Waals surface area contributed by atoms with E-state index in [9.17, 15) is 0 Å². The molecule has 0 aromatic rings. The summed E-state index contributed by atoms with van der Waals surface area (Å²) >= 11 is 0. The Morgan fingerprint density at radius 2 is 0.889 bits per heavy atom. The first-order valence-electron chi connectivity index (χ1n) is 5.29. The van der Waals surface area contributed by atoms with Gasteiger partial charge in [0.25, 0.3) is 0 Å². The molecule has 0 rings (SSSR count). The molecule has 0 aromatic heterocycles. The van der Waals surface area contributed by atoms with Crippen LogP contribution < -0.4 is 45.0 Å². The van der Waals surface area contributed by atoms with Crippen molar-refractivity contribution >= 4 is 12.1 Å². The molecule has 0 unspecified atom stereocenters. The summed E-state index contributed by atoms with van der Waals surface area (Å²) < 4.78 is 0. The molecule has 0 aliphatic carbocycles. The molecule has 110 valence electrons. The predicted molar refractivity (Wildman–Crippen MR) is 71.4 cm³/mol. The smallest absolute Gasteiger partial charge is 0.309 e. The molecule has 0 spiro atoms. The van der Waals surface area contributed by atoms with E-state index in [0.717, 1.165) is 26.2 Å². The molecule has 4 amide bonds. The van der Waals surface area contributed by atoms with Crippen molar-refractivity contribution in [2.24, 2.45) is 34.4 Å². The monoisotopic (exact) mass is 266 g/mol. The van der Waals surface area contributed by atoms with Crippen molar-refractivity contribution < 1.29 is 9.59 Å². The number of hydrogen-bond donors (Lipinski definition) is 8. The number of amides is 4. The Bertz CT molecular complexity index is 162. The lowest BCUT2D eigenvalue weighted by molar-refractivity contribution is 0.255. The zero-order chi connectivity index (χ0) is 14.8. The Labute approximate surface area is 107 Å². The lowest BCUT2D eigenvalue weighted by Gasteiger charge is -2.03. The van der Waals surface area contributed by atoms with Gasteiger partial charge in [0.05, 0.1) is 0 Å². The summed E-state index contributed by atoms with van der Waals surface area (Å²) in [6.07, 6.45) is 0. The molecule has 0 atom stereocenters. The number of carbonyl (C=O) groups is 2. The largest absolute Gasteiger partial charge is 0.352 e. The lowest BCUT2D eigenvalue weighted by atomic mass is 10.5. The van der Waals surface area contributed by atoms with Crippen molar-refractivity contribution in [2.75, 3.05) is 39.3 Å². The molecule has 0 heterocycles. The minimum absolute atomic E-state index is 0.705. The second-order valence-corrected chi connectivity index (χ2v) is 2.88. The highest BCUT2D eigenvalue weighted by atomic mass is 16.2. The van der Waals surface area contributed by atoms with Crippen LogP contribution in [-0.4, -0.2) is 51.3 Å². The number of nitrogens with one attached hydrogen (secondary N) is 2. The molecular weight excluding hydrogens is 240 g/mol. The Morgan fingerprint density at radius 1 is 0.667 bits per heavy atom. The first kappa shape index (κ1) is 21.6. The van der Waals surface area contributed by atoms with Gasteiger partial charge >= 0.3 is 12.1 Å². The highest BCUT2D eigenvalue weighted by Gasteiger charge is 1.83. The van der Waals surface area contributed by atoms with E-state index < -0.39 is 12.1 Å². The van der Waals surface area contributed by atoms with Crippen LogP contribution in [0.25, 0.3) is 0 Å². The summed E-state index contributed by atoms with van der Waals surface area (Å²) in [6.45, 7) is 5.14. The number of hydrogen-bond acceptors (Lipinski definition) is 6. The quantitative estimate of drug-likeness (QED) is 0.215. The van der Waals surface area contributed by atoms with Gasteiger partial charge < -0.3 is 45.0 Å². The molecule has 0 saturated carbocycles. The van der Waals surface area contributed by atoms with Crippen LogP contribution in [0, 0.1) is 0 Å². The SMILES string of the molecule is NC(N)=O.NC(N)=O.NCCNCCNCCN. The maximum absolute atomic E-state index is 9.00. The molecule has 14 N–H and O–H groups in total. The van der Waals surface area contributed by atoms with Gasteiger partial charge in [0.2, 0.25) is 0 Å². The number of primary amides is 4. The second kappa shape index (κ2) is 20.8. The number of carbonyl (C=O) groups excluding carboxylic acids is 2. The third-order valence-electron chi connectivity index (χ3n) is 1.12. The highest BCUT2D eigenvalue weighted by molar-refractivity contribution is 5.69. The van der Waals surface area contributed by atoms with Crippen molar-refractivity contribution in [3.63, 3.8) is 0 Å². The van der Waals surface area contributed by atoms with E-state index in [1.807, 2.05) is 0 Å². The van der Waals surface area contributed by atoms with E-state index in [1.165, 1.54) is 0 Å². The van der Waals surface area contributed by atoms with E-state index in [4.69, 9.17) is 21.1 Å². The van der Waals surface area contributed by atoms with Gasteiger partial charge in [-0.1, -0.05) is 0 Å². The molecule has 0 aliphatic heterocycles. The Morgan fingerprint density at radius 3 is 1.06 bits per heavy atom. The van der Waals surface area contributed by atoms with Crippen molar-refractivity contribution in [2.45, 2.75) is 0 Å². The average Bonchev–Trinajstić information content (AvgIpc) is 2.22. The standard InChI is InChI=1S/C6H18N4.2CH4N2O/c7-1-3-9-5-6-10-4-2-8;2*2-1(3)4/h9-10H,1-8H2;2*(H4,2,3,4). The molecule has 0 aliphatic rings. The van der Waals surface area contributed by atoms with Crippen LogP contribution in [0.3, 0.4) is 0 Å². The molecule has 0 radical (unpaired) electrons. The third kappa shape index (κ3) is 88.9. The minimum Gasteiger partial charge on any atom is -0.352 e. The maximum Gasteiger partial charge on any atom is 0.309 e. The second-order valence-electron chi connectivity index (χ2n) is 2.88. The van der Waals surface area contributed by atoms with Gasteiger partial charge in [0.15, 0.2) is 0 Å². The van der Waals surface area contributed by atoms with Crippen LogP contribution in [0.2, 0.25) is 0 Å². The molecule has 10 heteroatoms. The summed E-state index contributed by atoms with van der Waals surface area (Å²) in [4.78, 5) is 18.0. The van der Waals surface area contributed by atoms with Crippen LogP contribution in [-0.2, 0) is 0 Å².